The van der Waals surface area contributed by atoms with Crippen molar-refractivity contribution in [2.24, 2.45) is 0 Å². The molecule has 0 bridgehead atoms. The summed E-state index contributed by atoms with van der Waals surface area (Å²) in [5, 5.41) is 6.34. The fraction of sp³-hybridized carbons (Fsp3) is 0.263. The first-order chi connectivity index (χ1) is 12.0. The van der Waals surface area contributed by atoms with Crippen molar-refractivity contribution in [3.8, 4) is 0 Å². The van der Waals surface area contributed by atoms with Gasteiger partial charge in [-0.15, -0.1) is 11.8 Å². The molecule has 0 saturated carbocycles. The van der Waals surface area contributed by atoms with E-state index in [-0.39, 0.29) is 11.8 Å². The third-order valence-corrected chi connectivity index (χ3v) is 4.95. The first-order valence-electron chi connectivity index (χ1n) is 8.07. The quantitative estimate of drug-likeness (QED) is 0.659. The molecule has 0 saturated heterocycles. The first kappa shape index (κ1) is 19.3. The highest BCUT2D eigenvalue weighted by Gasteiger charge is 2.08. The fourth-order valence-corrected chi connectivity index (χ4v) is 3.04. The Bertz CT molecular complexity index is 748. The number of amides is 2. The van der Waals surface area contributed by atoms with Crippen LogP contribution in [-0.4, -0.2) is 17.6 Å². The topological polar surface area (TPSA) is 58.2 Å². The third kappa shape index (κ3) is 6.11. The molecule has 2 rings (SSSR count). The number of hydrogen-bond acceptors (Lipinski definition) is 3. The van der Waals surface area contributed by atoms with Gasteiger partial charge < -0.3 is 10.6 Å². The van der Waals surface area contributed by atoms with Gasteiger partial charge in [-0.25, -0.2) is 0 Å². The molecule has 2 N–H and O–H groups in total. The van der Waals surface area contributed by atoms with Gasteiger partial charge in [0.25, 0.3) is 0 Å². The highest BCUT2D eigenvalue weighted by molar-refractivity contribution is 8.00. The summed E-state index contributed by atoms with van der Waals surface area (Å²) >= 11 is 7.49. The molecular weight excluding hydrogens is 356 g/mol. The Morgan fingerprint density at radius 2 is 1.76 bits per heavy atom. The molecule has 2 amide bonds. The maximum atomic E-state index is 12.1. The average molecular weight is 377 g/mol. The van der Waals surface area contributed by atoms with Crippen molar-refractivity contribution in [2.75, 3.05) is 16.4 Å². The van der Waals surface area contributed by atoms with E-state index >= 15 is 0 Å². The normalized spacial score (nSPS) is 10.4. The summed E-state index contributed by atoms with van der Waals surface area (Å²) in [5.74, 6) is 0.225. The average Bonchev–Trinajstić information content (AvgIpc) is 2.58. The van der Waals surface area contributed by atoms with Crippen LogP contribution in [0.2, 0.25) is 5.02 Å². The predicted octanol–water partition coefficient (Wildman–Crippen LogP) is 5.12. The standard InChI is InChI=1S/C19H21ClN2O2S/c1-3-5-18(23)21-14-8-10-15(11-9-14)25-12-19(24)22-17-7-4-6-16(20)13(17)2/h4,6-11H,3,5,12H2,1-2H3,(H,21,23)(H,22,24). The lowest BCUT2D eigenvalue weighted by molar-refractivity contribution is -0.116. The highest BCUT2D eigenvalue weighted by atomic mass is 35.5. The molecule has 6 heteroatoms. The Labute approximate surface area is 157 Å². The number of rotatable bonds is 7. The van der Waals surface area contributed by atoms with E-state index in [4.69, 9.17) is 11.6 Å². The second-order valence-corrected chi connectivity index (χ2v) is 7.03. The first-order valence-corrected chi connectivity index (χ1v) is 9.43. The summed E-state index contributed by atoms with van der Waals surface area (Å²) in [4.78, 5) is 24.6. The Morgan fingerprint density at radius 3 is 2.44 bits per heavy atom. The molecule has 0 spiro atoms. The number of carbonyl (C=O) groups is 2. The minimum atomic E-state index is -0.0873. The Kier molecular flexibility index (Phi) is 7.34. The summed E-state index contributed by atoms with van der Waals surface area (Å²) in [5.41, 5.74) is 2.35. The van der Waals surface area contributed by atoms with Crippen molar-refractivity contribution in [2.45, 2.75) is 31.6 Å². The van der Waals surface area contributed by atoms with Crippen molar-refractivity contribution >= 4 is 46.6 Å². The maximum Gasteiger partial charge on any atom is 0.234 e. The molecule has 0 unspecified atom stereocenters. The Balaban J connectivity index is 1.85. The molecule has 0 fully saturated rings. The molecule has 4 nitrogen and oxygen atoms in total. The van der Waals surface area contributed by atoms with E-state index in [1.54, 1.807) is 6.07 Å². The van der Waals surface area contributed by atoms with Crippen molar-refractivity contribution in [3.05, 3.63) is 53.1 Å². The minimum absolute atomic E-state index is 0.0131. The van der Waals surface area contributed by atoms with Crippen molar-refractivity contribution < 1.29 is 9.59 Å². The van der Waals surface area contributed by atoms with Gasteiger partial charge in [0.05, 0.1) is 5.75 Å². The largest absolute Gasteiger partial charge is 0.326 e. The number of hydrogen-bond donors (Lipinski definition) is 2. The molecule has 0 radical (unpaired) electrons. The summed E-state index contributed by atoms with van der Waals surface area (Å²) in [6, 6.07) is 12.9. The fourth-order valence-electron chi connectivity index (χ4n) is 2.16. The van der Waals surface area contributed by atoms with Crippen LogP contribution >= 0.6 is 23.4 Å². The lowest BCUT2D eigenvalue weighted by Gasteiger charge is -2.09. The Hall–Kier alpha value is -1.98. The van der Waals surface area contributed by atoms with E-state index in [1.807, 2.05) is 50.2 Å². The number of anilines is 2. The third-order valence-electron chi connectivity index (χ3n) is 3.53. The molecule has 0 aliphatic heterocycles. The number of benzene rings is 2. The van der Waals surface area contributed by atoms with Crippen LogP contribution < -0.4 is 10.6 Å². The van der Waals surface area contributed by atoms with Gasteiger partial charge in [-0.2, -0.15) is 0 Å². The molecule has 2 aromatic rings. The molecule has 132 valence electrons. The van der Waals surface area contributed by atoms with Crippen LogP contribution in [0.3, 0.4) is 0 Å². The van der Waals surface area contributed by atoms with Crippen molar-refractivity contribution in [1.29, 1.82) is 0 Å². The monoisotopic (exact) mass is 376 g/mol. The zero-order valence-electron chi connectivity index (χ0n) is 14.3. The summed E-state index contributed by atoms with van der Waals surface area (Å²) in [7, 11) is 0. The lowest BCUT2D eigenvalue weighted by atomic mass is 10.2. The van der Waals surface area contributed by atoms with E-state index in [0.29, 0.717) is 17.2 Å². The number of nitrogens with one attached hydrogen (secondary N) is 2. The SMILES string of the molecule is CCCC(=O)Nc1ccc(SCC(=O)Nc2cccc(Cl)c2C)cc1. The van der Waals surface area contributed by atoms with E-state index in [1.165, 1.54) is 11.8 Å². The Morgan fingerprint density at radius 1 is 1.04 bits per heavy atom. The van der Waals surface area contributed by atoms with Crippen molar-refractivity contribution in [1.82, 2.24) is 0 Å². The molecule has 25 heavy (non-hydrogen) atoms. The van der Waals surface area contributed by atoms with Crippen molar-refractivity contribution in [3.63, 3.8) is 0 Å². The second-order valence-electron chi connectivity index (χ2n) is 5.57. The predicted molar refractivity (Wildman–Crippen MR) is 106 cm³/mol. The molecule has 0 aliphatic carbocycles. The molecular formula is C19H21ClN2O2S. The van der Waals surface area contributed by atoms with Crippen LogP contribution in [0.5, 0.6) is 0 Å². The number of thioether (sulfide) groups is 1. The van der Waals surface area contributed by atoms with Crippen LogP contribution in [0.4, 0.5) is 11.4 Å². The molecule has 0 aromatic heterocycles. The molecule has 2 aromatic carbocycles. The van der Waals surface area contributed by atoms with Crippen LogP contribution in [-0.2, 0) is 9.59 Å². The summed E-state index contributed by atoms with van der Waals surface area (Å²) in [6.07, 6.45) is 1.33. The van der Waals surface area contributed by atoms with Gasteiger partial charge in [-0.1, -0.05) is 24.6 Å². The number of carbonyl (C=O) groups excluding carboxylic acids is 2. The van der Waals surface area contributed by atoms with Crippen LogP contribution in [0.1, 0.15) is 25.3 Å². The van der Waals surface area contributed by atoms with E-state index in [2.05, 4.69) is 10.6 Å². The highest BCUT2D eigenvalue weighted by Crippen LogP contribution is 2.24. The van der Waals surface area contributed by atoms with Crippen LogP contribution in [0.15, 0.2) is 47.4 Å². The van der Waals surface area contributed by atoms with Gasteiger partial charge in [0, 0.05) is 27.7 Å². The van der Waals surface area contributed by atoms with Gasteiger partial charge in [-0.05, 0) is 55.3 Å². The molecule has 0 atom stereocenters. The van der Waals surface area contributed by atoms with Gasteiger partial charge in [-0.3, -0.25) is 9.59 Å². The van der Waals surface area contributed by atoms with Crippen LogP contribution in [0.25, 0.3) is 0 Å². The number of halogens is 1. The van der Waals surface area contributed by atoms with Gasteiger partial charge in [0.1, 0.15) is 0 Å². The maximum absolute atomic E-state index is 12.1. The van der Waals surface area contributed by atoms with Gasteiger partial charge in [0.15, 0.2) is 0 Å². The van der Waals surface area contributed by atoms with E-state index in [0.717, 1.165) is 28.3 Å². The lowest BCUT2D eigenvalue weighted by Crippen LogP contribution is -2.14. The van der Waals surface area contributed by atoms with Gasteiger partial charge >= 0.3 is 0 Å². The zero-order chi connectivity index (χ0) is 18.2. The zero-order valence-corrected chi connectivity index (χ0v) is 15.8. The van der Waals surface area contributed by atoms with E-state index in [9.17, 15) is 9.59 Å². The summed E-state index contributed by atoms with van der Waals surface area (Å²) in [6.45, 7) is 3.84. The molecule has 0 aliphatic rings. The van der Waals surface area contributed by atoms with E-state index < -0.39 is 0 Å². The van der Waals surface area contributed by atoms with Gasteiger partial charge in [0.2, 0.25) is 11.8 Å². The minimum Gasteiger partial charge on any atom is -0.326 e. The second kappa shape index (κ2) is 9.49. The van der Waals surface area contributed by atoms with Crippen LogP contribution in [0, 0.1) is 6.92 Å². The molecule has 0 heterocycles. The smallest absolute Gasteiger partial charge is 0.234 e. The summed E-state index contributed by atoms with van der Waals surface area (Å²) < 4.78 is 0.